The van der Waals surface area contributed by atoms with Crippen LogP contribution in [0.15, 0.2) is 0 Å². The summed E-state index contributed by atoms with van der Waals surface area (Å²) in [6.45, 7) is 10.5. The van der Waals surface area contributed by atoms with Crippen LogP contribution in [0, 0.1) is 46.3 Å². The van der Waals surface area contributed by atoms with E-state index in [1.807, 2.05) is 0 Å². The Labute approximate surface area is 186 Å². The van der Waals surface area contributed by atoms with Gasteiger partial charge in [0.25, 0.3) is 0 Å². The van der Waals surface area contributed by atoms with Crippen LogP contribution in [0.1, 0.15) is 118 Å². The van der Waals surface area contributed by atoms with E-state index in [0.29, 0.717) is 29.8 Å². The molecule has 0 bridgehead atoms. The van der Waals surface area contributed by atoms with E-state index < -0.39 is 0 Å². The first-order valence-electron chi connectivity index (χ1n) is 13.6. The first-order chi connectivity index (χ1) is 14.4. The summed E-state index contributed by atoms with van der Waals surface area (Å²) in [7, 11) is 0. The summed E-state index contributed by atoms with van der Waals surface area (Å²) in [6.07, 6.45) is 18.5. The van der Waals surface area contributed by atoms with Crippen LogP contribution in [-0.2, 0) is 9.53 Å². The maximum atomic E-state index is 12.1. The number of carbonyl (C=O) groups is 1. The topological polar surface area (TPSA) is 26.3 Å². The van der Waals surface area contributed by atoms with Crippen molar-refractivity contribution < 1.29 is 9.53 Å². The second-order valence-corrected chi connectivity index (χ2v) is 12.2. The molecule has 4 rings (SSSR count). The Bertz CT molecular complexity index is 599. The fraction of sp³-hybridized carbons (Fsp3) is 0.964. The lowest BCUT2D eigenvalue weighted by Gasteiger charge is -2.61. The standard InChI is InChI=1S/C28H48O2/c1-5-6-19-30-26(29)15-10-20(2)23-13-14-24-22-12-11-21-9-7-8-17-27(21,3)25(22)16-18-28(23,24)4/h20-25H,5-19H2,1-4H3/t20-,21?,22+,23-,24+,25+,27+,28-/m1/s1. The van der Waals surface area contributed by atoms with Gasteiger partial charge in [0.2, 0.25) is 0 Å². The zero-order chi connectivity index (χ0) is 21.4. The molecule has 0 saturated heterocycles. The van der Waals surface area contributed by atoms with Gasteiger partial charge in [-0.3, -0.25) is 4.79 Å². The zero-order valence-electron chi connectivity index (χ0n) is 20.4. The van der Waals surface area contributed by atoms with Crippen LogP contribution in [0.5, 0.6) is 0 Å². The van der Waals surface area contributed by atoms with Crippen LogP contribution in [0.3, 0.4) is 0 Å². The second-order valence-electron chi connectivity index (χ2n) is 12.2. The van der Waals surface area contributed by atoms with Crippen molar-refractivity contribution in [2.24, 2.45) is 46.3 Å². The fourth-order valence-electron chi connectivity index (χ4n) is 9.22. The van der Waals surface area contributed by atoms with Gasteiger partial charge in [0.05, 0.1) is 6.61 Å². The average molecular weight is 417 g/mol. The number of esters is 1. The first kappa shape index (κ1) is 22.7. The molecular weight excluding hydrogens is 368 g/mol. The minimum Gasteiger partial charge on any atom is -0.466 e. The van der Waals surface area contributed by atoms with Crippen LogP contribution in [0.4, 0.5) is 0 Å². The van der Waals surface area contributed by atoms with Gasteiger partial charge in [-0.1, -0.05) is 47.0 Å². The zero-order valence-corrected chi connectivity index (χ0v) is 20.4. The highest BCUT2D eigenvalue weighted by Gasteiger charge is 2.60. The molecule has 0 amide bonds. The number of unbranched alkanes of at least 4 members (excludes halogenated alkanes) is 1. The molecule has 4 aliphatic rings. The highest BCUT2D eigenvalue weighted by molar-refractivity contribution is 5.69. The average Bonchev–Trinajstić information content (AvgIpc) is 3.09. The van der Waals surface area contributed by atoms with E-state index in [1.165, 1.54) is 64.2 Å². The maximum Gasteiger partial charge on any atom is 0.305 e. The minimum atomic E-state index is 0.0299. The van der Waals surface area contributed by atoms with E-state index in [9.17, 15) is 4.79 Å². The summed E-state index contributed by atoms with van der Waals surface area (Å²) in [5.74, 6) is 5.44. The molecule has 0 heterocycles. The number of rotatable bonds is 7. The Morgan fingerprint density at radius 1 is 0.967 bits per heavy atom. The number of carbonyl (C=O) groups excluding carboxylic acids is 1. The monoisotopic (exact) mass is 416 g/mol. The number of hydrogen-bond donors (Lipinski definition) is 0. The molecule has 4 fully saturated rings. The Hall–Kier alpha value is -0.530. The highest BCUT2D eigenvalue weighted by atomic mass is 16.5. The Kier molecular flexibility index (Phi) is 6.91. The van der Waals surface area contributed by atoms with E-state index >= 15 is 0 Å². The van der Waals surface area contributed by atoms with Gasteiger partial charge in [-0.05, 0) is 111 Å². The van der Waals surface area contributed by atoms with Crippen LogP contribution in [0.2, 0.25) is 0 Å². The molecule has 0 spiro atoms. The predicted octanol–water partition coefficient (Wildman–Crippen LogP) is 7.80. The van der Waals surface area contributed by atoms with Crippen molar-refractivity contribution >= 4 is 5.97 Å². The third-order valence-corrected chi connectivity index (χ3v) is 10.9. The molecule has 0 aromatic heterocycles. The van der Waals surface area contributed by atoms with Crippen molar-refractivity contribution in [1.29, 1.82) is 0 Å². The lowest BCUT2D eigenvalue weighted by molar-refractivity contribution is -0.144. The summed E-state index contributed by atoms with van der Waals surface area (Å²) < 4.78 is 5.42. The largest absolute Gasteiger partial charge is 0.466 e. The van der Waals surface area contributed by atoms with Crippen LogP contribution >= 0.6 is 0 Å². The van der Waals surface area contributed by atoms with Crippen molar-refractivity contribution in [1.82, 2.24) is 0 Å². The quantitative estimate of drug-likeness (QED) is 0.312. The number of fused-ring (bicyclic) bond motifs is 5. The molecule has 0 N–H and O–H groups in total. The minimum absolute atomic E-state index is 0.0299. The third kappa shape index (κ3) is 3.99. The molecule has 1 unspecified atom stereocenters. The summed E-state index contributed by atoms with van der Waals surface area (Å²) in [5.41, 5.74) is 1.17. The molecular formula is C28H48O2. The smallest absolute Gasteiger partial charge is 0.305 e. The first-order valence-corrected chi connectivity index (χ1v) is 13.6. The van der Waals surface area contributed by atoms with Crippen LogP contribution < -0.4 is 0 Å². The molecule has 0 aliphatic heterocycles. The van der Waals surface area contributed by atoms with Gasteiger partial charge in [0, 0.05) is 6.42 Å². The normalized spacial score (nSPS) is 43.9. The summed E-state index contributed by atoms with van der Waals surface area (Å²) >= 11 is 0. The van der Waals surface area contributed by atoms with Gasteiger partial charge < -0.3 is 4.74 Å². The third-order valence-electron chi connectivity index (χ3n) is 10.9. The van der Waals surface area contributed by atoms with E-state index in [4.69, 9.17) is 4.74 Å². The van der Waals surface area contributed by atoms with Crippen molar-refractivity contribution in [2.45, 2.75) is 118 Å². The number of ether oxygens (including phenoxy) is 1. The van der Waals surface area contributed by atoms with E-state index in [-0.39, 0.29) is 5.97 Å². The summed E-state index contributed by atoms with van der Waals surface area (Å²) in [6, 6.07) is 0. The van der Waals surface area contributed by atoms with E-state index in [0.717, 1.165) is 48.9 Å². The molecule has 30 heavy (non-hydrogen) atoms. The van der Waals surface area contributed by atoms with Gasteiger partial charge in [-0.25, -0.2) is 0 Å². The predicted molar refractivity (Wildman–Crippen MR) is 124 cm³/mol. The van der Waals surface area contributed by atoms with Crippen molar-refractivity contribution in [3.8, 4) is 0 Å². The maximum absolute atomic E-state index is 12.1. The van der Waals surface area contributed by atoms with Gasteiger partial charge in [0.15, 0.2) is 0 Å². The Balaban J connectivity index is 1.38. The lowest BCUT2D eigenvalue weighted by atomic mass is 9.44. The molecule has 8 atom stereocenters. The van der Waals surface area contributed by atoms with Crippen LogP contribution in [0.25, 0.3) is 0 Å². The van der Waals surface area contributed by atoms with Gasteiger partial charge in [-0.2, -0.15) is 0 Å². The Morgan fingerprint density at radius 2 is 1.77 bits per heavy atom. The van der Waals surface area contributed by atoms with Gasteiger partial charge in [0.1, 0.15) is 0 Å². The molecule has 0 aromatic carbocycles. The lowest BCUT2D eigenvalue weighted by Crippen LogP contribution is -2.53. The van der Waals surface area contributed by atoms with E-state index in [2.05, 4.69) is 27.7 Å². The summed E-state index contributed by atoms with van der Waals surface area (Å²) in [5, 5.41) is 0. The van der Waals surface area contributed by atoms with Crippen LogP contribution in [-0.4, -0.2) is 12.6 Å². The fourth-order valence-corrected chi connectivity index (χ4v) is 9.22. The highest BCUT2D eigenvalue weighted by Crippen LogP contribution is 2.68. The number of hydrogen-bond acceptors (Lipinski definition) is 2. The molecule has 0 aromatic rings. The van der Waals surface area contributed by atoms with Crippen molar-refractivity contribution in [3.05, 3.63) is 0 Å². The van der Waals surface area contributed by atoms with Gasteiger partial charge >= 0.3 is 5.97 Å². The molecule has 2 heteroatoms. The molecule has 172 valence electrons. The van der Waals surface area contributed by atoms with Gasteiger partial charge in [-0.15, -0.1) is 0 Å². The molecule has 4 saturated carbocycles. The van der Waals surface area contributed by atoms with Crippen molar-refractivity contribution in [3.63, 3.8) is 0 Å². The van der Waals surface area contributed by atoms with E-state index in [1.54, 1.807) is 0 Å². The second kappa shape index (κ2) is 9.14. The molecule has 2 nitrogen and oxygen atoms in total. The SMILES string of the molecule is CCCCOC(=O)CC[C@@H](C)[C@H]1CC[C@H]2[C@@H]3CCC4CCCC[C@]4(C)[C@H]3CC[C@]12C. The molecule has 4 aliphatic carbocycles. The van der Waals surface area contributed by atoms with Crippen molar-refractivity contribution in [2.75, 3.05) is 6.61 Å². The summed E-state index contributed by atoms with van der Waals surface area (Å²) in [4.78, 5) is 12.1. The Morgan fingerprint density at radius 3 is 2.57 bits per heavy atom. The molecule has 0 radical (unpaired) electrons.